The largest absolute Gasteiger partial charge is 0.315 e. The normalized spacial score (nSPS) is 48.2. The van der Waals surface area contributed by atoms with Crippen LogP contribution in [0.1, 0.15) is 26.7 Å². The molecule has 0 aromatic rings. The van der Waals surface area contributed by atoms with E-state index in [2.05, 4.69) is 12.2 Å². The second kappa shape index (κ2) is 1.86. The number of nitrogens with one attached hydrogen (secondary N) is 1. The lowest BCUT2D eigenvalue weighted by atomic mass is 9.50. The molecule has 2 fully saturated rings. The summed E-state index contributed by atoms with van der Waals surface area (Å²) >= 11 is 0. The van der Waals surface area contributed by atoms with Crippen LogP contribution < -0.4 is 5.32 Å². The SMILES string of the molecule is CC(=O)[C@@]12CC[C@]1(C)CNC2. The van der Waals surface area contributed by atoms with Crippen molar-refractivity contribution in [2.45, 2.75) is 26.7 Å². The molecule has 2 rings (SSSR count). The fraction of sp³-hybridized carbons (Fsp3) is 0.889. The van der Waals surface area contributed by atoms with Gasteiger partial charge in [0.1, 0.15) is 5.78 Å². The highest BCUT2D eigenvalue weighted by Crippen LogP contribution is 2.59. The lowest BCUT2D eigenvalue weighted by Gasteiger charge is -2.51. The lowest BCUT2D eigenvalue weighted by Crippen LogP contribution is -2.52. The van der Waals surface area contributed by atoms with E-state index in [1.165, 1.54) is 6.42 Å². The summed E-state index contributed by atoms with van der Waals surface area (Å²) < 4.78 is 0. The van der Waals surface area contributed by atoms with Crippen molar-refractivity contribution in [1.82, 2.24) is 5.32 Å². The Morgan fingerprint density at radius 1 is 1.36 bits per heavy atom. The highest BCUT2D eigenvalue weighted by molar-refractivity contribution is 5.85. The maximum Gasteiger partial charge on any atom is 0.137 e. The van der Waals surface area contributed by atoms with Crippen LogP contribution in [0.5, 0.6) is 0 Å². The zero-order valence-corrected chi connectivity index (χ0v) is 7.24. The van der Waals surface area contributed by atoms with E-state index in [9.17, 15) is 4.79 Å². The first kappa shape index (κ1) is 7.29. The minimum absolute atomic E-state index is 0.0208. The summed E-state index contributed by atoms with van der Waals surface area (Å²) in [6.07, 6.45) is 2.32. The fourth-order valence-corrected chi connectivity index (χ4v) is 2.69. The van der Waals surface area contributed by atoms with E-state index in [4.69, 9.17) is 0 Å². The molecule has 2 atom stereocenters. The van der Waals surface area contributed by atoms with Gasteiger partial charge in [0, 0.05) is 18.5 Å². The van der Waals surface area contributed by atoms with Gasteiger partial charge < -0.3 is 5.32 Å². The number of rotatable bonds is 1. The number of Topliss-reactive ketones (excluding diaryl/α,β-unsaturated/α-hetero) is 1. The number of fused-ring (bicyclic) bond motifs is 1. The summed E-state index contributed by atoms with van der Waals surface area (Å²) in [7, 11) is 0. The van der Waals surface area contributed by atoms with Gasteiger partial charge in [-0.1, -0.05) is 6.92 Å². The summed E-state index contributed by atoms with van der Waals surface area (Å²) in [4.78, 5) is 11.4. The van der Waals surface area contributed by atoms with E-state index in [1.807, 2.05) is 0 Å². The number of hydrogen-bond acceptors (Lipinski definition) is 2. The molecule has 0 spiro atoms. The van der Waals surface area contributed by atoms with Crippen molar-refractivity contribution in [2.75, 3.05) is 13.1 Å². The maximum absolute atomic E-state index is 11.4. The van der Waals surface area contributed by atoms with Crippen LogP contribution in [0.3, 0.4) is 0 Å². The average molecular weight is 153 g/mol. The van der Waals surface area contributed by atoms with Crippen LogP contribution in [-0.2, 0) is 4.79 Å². The van der Waals surface area contributed by atoms with E-state index < -0.39 is 0 Å². The van der Waals surface area contributed by atoms with Crippen molar-refractivity contribution >= 4 is 5.78 Å². The van der Waals surface area contributed by atoms with Gasteiger partial charge in [-0.2, -0.15) is 0 Å². The fourth-order valence-electron chi connectivity index (χ4n) is 2.69. The first-order valence-corrected chi connectivity index (χ1v) is 4.33. The molecule has 0 aromatic heterocycles. The Morgan fingerprint density at radius 2 is 2.09 bits per heavy atom. The Morgan fingerprint density at radius 3 is 2.36 bits per heavy atom. The molecule has 1 saturated carbocycles. The summed E-state index contributed by atoms with van der Waals surface area (Å²) in [6, 6.07) is 0. The van der Waals surface area contributed by atoms with Gasteiger partial charge in [0.15, 0.2) is 0 Å². The first-order chi connectivity index (χ1) is 5.11. The second-order valence-electron chi connectivity index (χ2n) is 4.30. The van der Waals surface area contributed by atoms with Crippen LogP contribution in [0, 0.1) is 10.8 Å². The predicted octanol–water partition coefficient (Wildman–Crippen LogP) is 0.965. The van der Waals surface area contributed by atoms with E-state index in [0.717, 1.165) is 19.5 Å². The Kier molecular flexibility index (Phi) is 1.23. The Balaban J connectivity index is 2.32. The highest BCUT2D eigenvalue weighted by atomic mass is 16.1. The van der Waals surface area contributed by atoms with Crippen molar-refractivity contribution in [3.63, 3.8) is 0 Å². The third kappa shape index (κ3) is 0.639. The zero-order valence-electron chi connectivity index (χ0n) is 7.24. The van der Waals surface area contributed by atoms with E-state index in [1.54, 1.807) is 6.92 Å². The molecule has 0 bridgehead atoms. The lowest BCUT2D eigenvalue weighted by molar-refractivity contribution is -0.140. The third-order valence-corrected chi connectivity index (χ3v) is 3.87. The van der Waals surface area contributed by atoms with Gasteiger partial charge in [-0.3, -0.25) is 4.79 Å². The molecule has 2 aliphatic rings. The molecular formula is C9H15NO. The van der Waals surface area contributed by atoms with Crippen molar-refractivity contribution in [3.8, 4) is 0 Å². The maximum atomic E-state index is 11.4. The molecule has 0 amide bonds. The van der Waals surface area contributed by atoms with Crippen molar-refractivity contribution < 1.29 is 4.79 Å². The molecule has 1 heterocycles. The summed E-state index contributed by atoms with van der Waals surface area (Å²) in [6.45, 7) is 5.92. The number of ketones is 1. The number of carbonyl (C=O) groups is 1. The molecule has 1 aliphatic carbocycles. The van der Waals surface area contributed by atoms with E-state index in [-0.39, 0.29) is 5.41 Å². The molecule has 62 valence electrons. The highest BCUT2D eigenvalue weighted by Gasteiger charge is 2.61. The Hall–Kier alpha value is -0.370. The second-order valence-corrected chi connectivity index (χ2v) is 4.30. The Labute approximate surface area is 67.4 Å². The molecule has 0 radical (unpaired) electrons. The number of hydrogen-bond donors (Lipinski definition) is 1. The third-order valence-electron chi connectivity index (χ3n) is 3.87. The van der Waals surface area contributed by atoms with Crippen LogP contribution in [-0.4, -0.2) is 18.9 Å². The molecule has 1 aliphatic heterocycles. The molecule has 11 heavy (non-hydrogen) atoms. The molecule has 0 aromatic carbocycles. The van der Waals surface area contributed by atoms with Crippen molar-refractivity contribution in [2.24, 2.45) is 10.8 Å². The monoisotopic (exact) mass is 153 g/mol. The summed E-state index contributed by atoms with van der Waals surface area (Å²) in [5.74, 6) is 0.385. The molecule has 1 saturated heterocycles. The topological polar surface area (TPSA) is 29.1 Å². The zero-order chi connectivity index (χ0) is 8.11. The van der Waals surface area contributed by atoms with Gasteiger partial charge in [-0.05, 0) is 25.2 Å². The van der Waals surface area contributed by atoms with Crippen molar-refractivity contribution in [1.29, 1.82) is 0 Å². The summed E-state index contributed by atoms with van der Waals surface area (Å²) in [5, 5.41) is 3.33. The molecule has 2 heteroatoms. The van der Waals surface area contributed by atoms with Gasteiger partial charge >= 0.3 is 0 Å². The van der Waals surface area contributed by atoms with Gasteiger partial charge in [0.05, 0.1) is 0 Å². The van der Waals surface area contributed by atoms with Crippen LogP contribution in [0.25, 0.3) is 0 Å². The van der Waals surface area contributed by atoms with E-state index >= 15 is 0 Å². The molecule has 2 nitrogen and oxygen atoms in total. The standard InChI is InChI=1S/C9H15NO/c1-7(11)9-4-3-8(9,2)5-10-6-9/h10H,3-6H2,1-2H3/t8-,9+/m1/s1. The van der Waals surface area contributed by atoms with Crippen LogP contribution in [0.2, 0.25) is 0 Å². The van der Waals surface area contributed by atoms with Crippen LogP contribution >= 0.6 is 0 Å². The Bertz CT molecular complexity index is 214. The van der Waals surface area contributed by atoms with Gasteiger partial charge in [0.2, 0.25) is 0 Å². The predicted molar refractivity (Wildman–Crippen MR) is 43.3 cm³/mol. The van der Waals surface area contributed by atoms with Crippen LogP contribution in [0.15, 0.2) is 0 Å². The molecule has 0 unspecified atom stereocenters. The van der Waals surface area contributed by atoms with E-state index in [0.29, 0.717) is 11.2 Å². The molecular weight excluding hydrogens is 138 g/mol. The molecule has 1 N–H and O–H groups in total. The van der Waals surface area contributed by atoms with Crippen LogP contribution in [0.4, 0.5) is 0 Å². The minimum atomic E-state index is 0.0208. The van der Waals surface area contributed by atoms with Gasteiger partial charge in [0.25, 0.3) is 0 Å². The quantitative estimate of drug-likeness (QED) is 0.608. The smallest absolute Gasteiger partial charge is 0.137 e. The van der Waals surface area contributed by atoms with Gasteiger partial charge in [-0.25, -0.2) is 0 Å². The minimum Gasteiger partial charge on any atom is -0.315 e. The average Bonchev–Trinajstić information content (AvgIpc) is 2.13. The van der Waals surface area contributed by atoms with Gasteiger partial charge in [-0.15, -0.1) is 0 Å². The van der Waals surface area contributed by atoms with Crippen molar-refractivity contribution in [3.05, 3.63) is 0 Å². The number of carbonyl (C=O) groups excluding carboxylic acids is 1. The summed E-state index contributed by atoms with van der Waals surface area (Å²) in [5.41, 5.74) is 0.311. The first-order valence-electron chi connectivity index (χ1n) is 4.33.